The number of hydrogen-bond acceptors (Lipinski definition) is 2. The topological polar surface area (TPSA) is 6.48 Å². The molecule has 2 nitrogen and oxygen atoms in total. The molecule has 1 saturated heterocycles. The van der Waals surface area contributed by atoms with E-state index in [1.54, 1.807) is 22.3 Å². The fraction of sp³-hybridized carbons (Fsp3) is 0.509. The molecule has 60 heavy (non-hydrogen) atoms. The summed E-state index contributed by atoms with van der Waals surface area (Å²) >= 11 is 0. The first-order valence-corrected chi connectivity index (χ1v) is 24.4. The van der Waals surface area contributed by atoms with Crippen LogP contribution in [0, 0.1) is 23.2 Å². The minimum atomic E-state index is -0.0119. The van der Waals surface area contributed by atoms with Gasteiger partial charge in [-0.05, 0) is 153 Å². The van der Waals surface area contributed by atoms with Gasteiger partial charge in [0.2, 0.25) is 6.71 Å². The van der Waals surface area contributed by atoms with E-state index in [0.29, 0.717) is 42.4 Å². The highest BCUT2D eigenvalue weighted by Gasteiger charge is 2.58. The van der Waals surface area contributed by atoms with Gasteiger partial charge in [0.05, 0.1) is 0 Å². The lowest BCUT2D eigenvalue weighted by atomic mass is 9.25. The Morgan fingerprint density at radius 3 is 2.23 bits per heavy atom. The van der Waals surface area contributed by atoms with Crippen molar-refractivity contribution in [3.8, 4) is 0 Å². The normalized spacial score (nSPS) is 29.1. The lowest BCUT2D eigenvalue weighted by Gasteiger charge is -2.61. The summed E-state index contributed by atoms with van der Waals surface area (Å²) in [5.74, 6) is 1.88. The lowest BCUT2D eigenvalue weighted by molar-refractivity contribution is 0.132. The van der Waals surface area contributed by atoms with Gasteiger partial charge in [0.15, 0.2) is 0 Å². The fourth-order valence-electron chi connectivity index (χ4n) is 13.4. The van der Waals surface area contributed by atoms with Crippen molar-refractivity contribution in [2.75, 3.05) is 4.90 Å². The SMILES string of the molecule is CC(C)(C1=CCCC(N2C3=CC(C(C)(C)c4ccccc4)CC4C3B(C3=CCCCC3N4C3=CCCCC3)c3ccc(C(C)(C)C4C=CCCC4)cc32)=C1)C1C=CC=CC1. The van der Waals surface area contributed by atoms with Gasteiger partial charge in [-0.25, -0.2) is 0 Å². The summed E-state index contributed by atoms with van der Waals surface area (Å²) in [6.45, 7) is 15.6. The van der Waals surface area contributed by atoms with Crippen molar-refractivity contribution in [2.45, 2.75) is 160 Å². The van der Waals surface area contributed by atoms with Gasteiger partial charge in [-0.2, -0.15) is 0 Å². The number of fused-ring (bicyclic) bond motifs is 4. The number of hydrogen-bond donors (Lipinski definition) is 0. The molecule has 2 heterocycles. The van der Waals surface area contributed by atoms with Crippen LogP contribution in [-0.2, 0) is 10.8 Å². The molecule has 1 fully saturated rings. The molecule has 10 rings (SSSR count). The molecule has 0 spiro atoms. The van der Waals surface area contributed by atoms with Crippen molar-refractivity contribution in [3.05, 3.63) is 155 Å². The second kappa shape index (κ2) is 15.7. The van der Waals surface area contributed by atoms with Crippen LogP contribution in [0.25, 0.3) is 0 Å². The number of benzene rings is 2. The molecule has 0 N–H and O–H groups in total. The monoisotopic (exact) mass is 795 g/mol. The molecule has 2 aromatic carbocycles. The van der Waals surface area contributed by atoms with Gasteiger partial charge in [0, 0.05) is 40.7 Å². The highest BCUT2D eigenvalue weighted by atomic mass is 15.2. The van der Waals surface area contributed by atoms with Gasteiger partial charge in [-0.15, -0.1) is 0 Å². The molecule has 0 saturated carbocycles. The molecule has 312 valence electrons. The van der Waals surface area contributed by atoms with E-state index in [-0.39, 0.29) is 16.2 Å². The third-order valence-electron chi connectivity index (χ3n) is 17.3. The summed E-state index contributed by atoms with van der Waals surface area (Å²) in [6, 6.07) is 20.4. The summed E-state index contributed by atoms with van der Waals surface area (Å²) in [7, 11) is 0. The summed E-state index contributed by atoms with van der Waals surface area (Å²) in [5, 5.41) is 0. The van der Waals surface area contributed by atoms with Crippen LogP contribution >= 0.6 is 0 Å². The van der Waals surface area contributed by atoms with Gasteiger partial charge in [0.1, 0.15) is 0 Å². The Kier molecular flexibility index (Phi) is 10.5. The van der Waals surface area contributed by atoms with Gasteiger partial charge >= 0.3 is 0 Å². The molecule has 0 amide bonds. The maximum Gasteiger partial charge on any atom is 0.220 e. The van der Waals surface area contributed by atoms with E-state index in [9.17, 15) is 0 Å². The van der Waals surface area contributed by atoms with Crippen LogP contribution in [0.4, 0.5) is 5.69 Å². The predicted molar refractivity (Wildman–Crippen MR) is 257 cm³/mol. The third-order valence-corrected chi connectivity index (χ3v) is 17.3. The third kappa shape index (κ3) is 6.75. The summed E-state index contributed by atoms with van der Waals surface area (Å²) in [5.41, 5.74) is 14.1. The molecule has 0 aromatic heterocycles. The second-order valence-electron chi connectivity index (χ2n) is 21.6. The van der Waals surface area contributed by atoms with Crippen LogP contribution in [0.2, 0.25) is 5.82 Å². The molecule has 0 bridgehead atoms. The number of rotatable bonds is 8. The van der Waals surface area contributed by atoms with Crippen LogP contribution in [0.1, 0.15) is 143 Å². The quantitative estimate of drug-likeness (QED) is 0.194. The minimum absolute atomic E-state index is 0.0119. The standard InChI is InChI=1S/C57H71BN2/c1-55(2,40-22-11-7-12-23-40)43-28-21-31-47(36-43)60-51-37-44(56(3,4)41-24-13-8-14-25-41)34-35-49(51)58-48-32-19-20-33-50(48)59(46-29-17-10-18-30-46)52-38-45(39-53(60)54(52)58)57(5,6)42-26-15-9-16-27-42/h7,9,11-13,15-16,22,24,26-29,32,34-37,39-41,45,50,52,54H,8,10,14,17-21,23,25,30-31,33,38H2,1-6H3. The Hall–Kier alpha value is -3.98. The Labute approximate surface area is 364 Å². The van der Waals surface area contributed by atoms with Crippen LogP contribution < -0.4 is 10.4 Å². The van der Waals surface area contributed by atoms with E-state index in [4.69, 9.17) is 0 Å². The number of allylic oxidation sites excluding steroid dienone is 14. The molecule has 2 aromatic rings. The van der Waals surface area contributed by atoms with Crippen molar-refractivity contribution in [3.63, 3.8) is 0 Å². The Morgan fingerprint density at radius 1 is 0.650 bits per heavy atom. The summed E-state index contributed by atoms with van der Waals surface area (Å²) in [6.07, 6.45) is 45.1. The average Bonchev–Trinajstić information content (AvgIpc) is 3.29. The van der Waals surface area contributed by atoms with Crippen molar-refractivity contribution in [1.29, 1.82) is 0 Å². The van der Waals surface area contributed by atoms with Crippen LogP contribution in [0.5, 0.6) is 0 Å². The minimum Gasteiger partial charge on any atom is -0.366 e. The van der Waals surface area contributed by atoms with Crippen LogP contribution in [0.15, 0.2) is 144 Å². The van der Waals surface area contributed by atoms with Gasteiger partial charge in [-0.1, -0.05) is 156 Å². The smallest absolute Gasteiger partial charge is 0.220 e. The molecular formula is C57H71BN2. The van der Waals surface area contributed by atoms with E-state index in [0.717, 1.165) is 19.3 Å². The zero-order valence-corrected chi connectivity index (χ0v) is 37.8. The zero-order valence-electron chi connectivity index (χ0n) is 37.8. The average molecular weight is 795 g/mol. The maximum atomic E-state index is 3.08. The molecule has 3 heteroatoms. The molecule has 2 aliphatic heterocycles. The molecule has 6 unspecified atom stereocenters. The lowest BCUT2D eigenvalue weighted by Crippen LogP contribution is -2.66. The van der Waals surface area contributed by atoms with E-state index >= 15 is 0 Å². The van der Waals surface area contributed by atoms with Gasteiger partial charge in [-0.3, -0.25) is 0 Å². The highest BCUT2D eigenvalue weighted by molar-refractivity contribution is 6.84. The van der Waals surface area contributed by atoms with Gasteiger partial charge < -0.3 is 9.80 Å². The maximum absolute atomic E-state index is 3.08. The van der Waals surface area contributed by atoms with Gasteiger partial charge in [0.25, 0.3) is 0 Å². The molecular weight excluding hydrogens is 723 g/mol. The van der Waals surface area contributed by atoms with Crippen molar-refractivity contribution < 1.29 is 0 Å². The highest BCUT2D eigenvalue weighted by Crippen LogP contribution is 2.58. The van der Waals surface area contributed by atoms with Crippen molar-refractivity contribution in [1.82, 2.24) is 4.90 Å². The first kappa shape index (κ1) is 40.1. The second-order valence-corrected chi connectivity index (χ2v) is 21.6. The number of nitrogens with zero attached hydrogens (tertiary/aromatic N) is 2. The molecule has 6 aliphatic carbocycles. The Bertz CT molecular complexity index is 2220. The van der Waals surface area contributed by atoms with Crippen molar-refractivity contribution in [2.24, 2.45) is 23.2 Å². The van der Waals surface area contributed by atoms with Crippen molar-refractivity contribution >= 4 is 17.9 Å². The molecule has 0 radical (unpaired) electrons. The van der Waals surface area contributed by atoms with E-state index < -0.39 is 0 Å². The molecule has 8 aliphatic rings. The van der Waals surface area contributed by atoms with E-state index in [2.05, 4.69) is 167 Å². The van der Waals surface area contributed by atoms with Crippen LogP contribution in [0.3, 0.4) is 0 Å². The Morgan fingerprint density at radius 2 is 1.47 bits per heavy atom. The first-order valence-electron chi connectivity index (χ1n) is 24.4. The van der Waals surface area contributed by atoms with E-state index in [1.807, 2.05) is 0 Å². The summed E-state index contributed by atoms with van der Waals surface area (Å²) in [4.78, 5) is 5.99. The largest absolute Gasteiger partial charge is 0.366 e. The zero-order chi connectivity index (χ0) is 41.2. The number of anilines is 1. The summed E-state index contributed by atoms with van der Waals surface area (Å²) < 4.78 is 0. The van der Waals surface area contributed by atoms with E-state index in [1.165, 1.54) is 98.7 Å². The first-order chi connectivity index (χ1) is 29.0. The molecule has 6 atom stereocenters. The predicted octanol–water partition coefficient (Wildman–Crippen LogP) is 14.0. The fourth-order valence-corrected chi connectivity index (χ4v) is 13.4. The Balaban J connectivity index is 1.21. The van der Waals surface area contributed by atoms with Crippen LogP contribution in [-0.4, -0.2) is 23.7 Å².